The van der Waals surface area contributed by atoms with E-state index in [1.807, 2.05) is 0 Å². The molecule has 3 aromatic rings. The van der Waals surface area contributed by atoms with Gasteiger partial charge >= 0.3 is 5.97 Å². The van der Waals surface area contributed by atoms with Crippen LogP contribution in [-0.2, 0) is 16.1 Å². The molecule has 0 aliphatic heterocycles. The molecule has 0 saturated heterocycles. The predicted octanol–water partition coefficient (Wildman–Crippen LogP) is 5.26. The van der Waals surface area contributed by atoms with Gasteiger partial charge in [0.2, 0.25) is 5.91 Å². The fourth-order valence-electron chi connectivity index (χ4n) is 2.38. The van der Waals surface area contributed by atoms with Crippen LogP contribution in [-0.4, -0.2) is 21.8 Å². The number of esters is 1. The number of benzene rings is 1. The minimum absolute atomic E-state index is 0.0603. The molecule has 0 fully saturated rings. The fourth-order valence-corrected chi connectivity index (χ4v) is 3.83. The van der Waals surface area contributed by atoms with Crippen LogP contribution < -0.4 is 10.6 Å². The number of hydrogen-bond donors (Lipinski definition) is 1. The standard InChI is InChI=1S/C18H12Cl3FN4O3S/c1-8(27)26(11-5-3-2-4-10(11)22)18-24-9(7-30-18)6-29-17(28)15-12(19)14(23)13(20)16(21)25-15/h2-5,7H,6H2,1H3,(H2,23,25). The Morgan fingerprint density at radius 1 is 1.20 bits per heavy atom. The Kier molecular flexibility index (Phi) is 6.77. The summed E-state index contributed by atoms with van der Waals surface area (Å²) in [6.45, 7) is 1.03. The van der Waals surface area contributed by atoms with Crippen molar-refractivity contribution in [2.24, 2.45) is 0 Å². The van der Waals surface area contributed by atoms with Crippen molar-refractivity contribution in [3.8, 4) is 0 Å². The number of carbonyl (C=O) groups excluding carboxylic acids is 2. The van der Waals surface area contributed by atoms with Crippen molar-refractivity contribution in [1.82, 2.24) is 9.97 Å². The maximum absolute atomic E-state index is 14.1. The van der Waals surface area contributed by atoms with E-state index >= 15 is 0 Å². The van der Waals surface area contributed by atoms with Crippen molar-refractivity contribution in [2.75, 3.05) is 10.6 Å². The first-order valence-electron chi connectivity index (χ1n) is 8.17. The number of halogens is 4. The number of para-hydroxylation sites is 1. The average Bonchev–Trinajstić information content (AvgIpc) is 3.17. The third-order valence-electron chi connectivity index (χ3n) is 3.76. The van der Waals surface area contributed by atoms with E-state index in [9.17, 15) is 14.0 Å². The molecule has 3 rings (SSSR count). The quantitative estimate of drug-likeness (QED) is 0.388. The molecule has 1 aromatic carbocycles. The number of nitrogens with zero attached hydrogens (tertiary/aromatic N) is 3. The molecule has 0 bridgehead atoms. The summed E-state index contributed by atoms with van der Waals surface area (Å²) in [5.41, 5.74) is 5.69. The molecule has 0 radical (unpaired) electrons. The lowest BCUT2D eigenvalue weighted by Gasteiger charge is -2.18. The summed E-state index contributed by atoms with van der Waals surface area (Å²) in [5, 5.41) is 1.34. The molecule has 12 heteroatoms. The molecule has 0 aliphatic rings. The summed E-state index contributed by atoms with van der Waals surface area (Å²) >= 11 is 18.7. The van der Waals surface area contributed by atoms with Crippen molar-refractivity contribution in [1.29, 1.82) is 0 Å². The average molecular weight is 490 g/mol. The third kappa shape index (κ3) is 4.49. The molecule has 7 nitrogen and oxygen atoms in total. The summed E-state index contributed by atoms with van der Waals surface area (Å²) in [6.07, 6.45) is 0. The Bertz CT molecular complexity index is 1140. The third-order valence-corrected chi connectivity index (χ3v) is 5.77. The van der Waals surface area contributed by atoms with Crippen LogP contribution >= 0.6 is 46.1 Å². The maximum atomic E-state index is 14.1. The van der Waals surface area contributed by atoms with E-state index in [1.54, 1.807) is 11.4 Å². The monoisotopic (exact) mass is 488 g/mol. The van der Waals surface area contributed by atoms with Gasteiger partial charge in [-0.3, -0.25) is 9.69 Å². The number of nitrogen functional groups attached to an aromatic ring is 1. The number of amides is 1. The number of thiazole rings is 1. The second-order valence-electron chi connectivity index (χ2n) is 5.80. The second kappa shape index (κ2) is 9.13. The first kappa shape index (κ1) is 22.2. The zero-order valence-electron chi connectivity index (χ0n) is 15.2. The van der Waals surface area contributed by atoms with Gasteiger partial charge in [-0.25, -0.2) is 19.2 Å². The smallest absolute Gasteiger partial charge is 0.359 e. The lowest BCUT2D eigenvalue weighted by molar-refractivity contribution is -0.115. The van der Waals surface area contributed by atoms with E-state index in [1.165, 1.54) is 25.1 Å². The van der Waals surface area contributed by atoms with Crippen LogP contribution in [0, 0.1) is 5.82 Å². The van der Waals surface area contributed by atoms with Crippen molar-refractivity contribution in [3.05, 3.63) is 62.0 Å². The molecule has 30 heavy (non-hydrogen) atoms. The van der Waals surface area contributed by atoms with Crippen molar-refractivity contribution in [3.63, 3.8) is 0 Å². The fraction of sp³-hybridized carbons (Fsp3) is 0.111. The van der Waals surface area contributed by atoms with Gasteiger partial charge in [0.05, 0.1) is 22.1 Å². The van der Waals surface area contributed by atoms with Gasteiger partial charge < -0.3 is 10.5 Å². The van der Waals surface area contributed by atoms with E-state index in [4.69, 9.17) is 45.3 Å². The summed E-state index contributed by atoms with van der Waals surface area (Å²) < 4.78 is 19.3. The number of rotatable bonds is 5. The van der Waals surface area contributed by atoms with Gasteiger partial charge in [0.1, 0.15) is 17.4 Å². The summed E-state index contributed by atoms with van der Waals surface area (Å²) in [7, 11) is 0. The van der Waals surface area contributed by atoms with Crippen LogP contribution in [0.25, 0.3) is 0 Å². The van der Waals surface area contributed by atoms with Crippen LogP contribution in [0.5, 0.6) is 0 Å². The molecule has 156 valence electrons. The molecule has 0 spiro atoms. The summed E-state index contributed by atoms with van der Waals surface area (Å²) in [4.78, 5) is 33.5. The largest absolute Gasteiger partial charge is 0.454 e. The molecule has 0 atom stereocenters. The summed E-state index contributed by atoms with van der Waals surface area (Å²) in [6, 6.07) is 5.81. The number of hydrogen-bond acceptors (Lipinski definition) is 7. The van der Waals surface area contributed by atoms with Crippen molar-refractivity contribution < 1.29 is 18.7 Å². The number of ether oxygens (including phenoxy) is 1. The zero-order chi connectivity index (χ0) is 22.0. The van der Waals surface area contributed by atoms with E-state index in [0.29, 0.717) is 5.69 Å². The zero-order valence-corrected chi connectivity index (χ0v) is 18.2. The SMILES string of the molecule is CC(=O)N(c1nc(COC(=O)c2nc(Cl)c(Cl)c(N)c2Cl)cs1)c1ccccc1F. The van der Waals surface area contributed by atoms with Gasteiger partial charge in [0.15, 0.2) is 16.0 Å². The van der Waals surface area contributed by atoms with Gasteiger partial charge in [-0.15, -0.1) is 11.3 Å². The molecule has 2 N–H and O–H groups in total. The van der Waals surface area contributed by atoms with E-state index in [0.717, 1.165) is 16.2 Å². The molecular weight excluding hydrogens is 478 g/mol. The first-order valence-corrected chi connectivity index (χ1v) is 10.2. The Balaban J connectivity index is 1.78. The van der Waals surface area contributed by atoms with Crippen LogP contribution in [0.3, 0.4) is 0 Å². The van der Waals surface area contributed by atoms with Crippen LogP contribution in [0.15, 0.2) is 29.6 Å². The highest BCUT2D eigenvalue weighted by Crippen LogP contribution is 2.35. The number of aromatic nitrogens is 2. The molecule has 2 heterocycles. The molecule has 0 unspecified atom stereocenters. The van der Waals surface area contributed by atoms with Gasteiger partial charge in [0, 0.05) is 12.3 Å². The molecule has 1 amide bonds. The highest BCUT2D eigenvalue weighted by Gasteiger charge is 2.23. The van der Waals surface area contributed by atoms with Gasteiger partial charge in [0.25, 0.3) is 0 Å². The van der Waals surface area contributed by atoms with Crippen LogP contribution in [0.4, 0.5) is 20.9 Å². The Labute approximate surface area is 189 Å². The summed E-state index contributed by atoms with van der Waals surface area (Å²) in [5.74, 6) is -1.90. The number of pyridine rings is 1. The lowest BCUT2D eigenvalue weighted by Crippen LogP contribution is -2.23. The Morgan fingerprint density at radius 2 is 1.90 bits per heavy atom. The number of carbonyl (C=O) groups is 2. The van der Waals surface area contributed by atoms with Gasteiger partial charge in [-0.05, 0) is 12.1 Å². The normalized spacial score (nSPS) is 10.7. The minimum Gasteiger partial charge on any atom is -0.454 e. The highest BCUT2D eigenvalue weighted by molar-refractivity contribution is 7.14. The van der Waals surface area contributed by atoms with Crippen LogP contribution in [0.2, 0.25) is 15.2 Å². The van der Waals surface area contributed by atoms with Crippen LogP contribution in [0.1, 0.15) is 23.1 Å². The van der Waals surface area contributed by atoms with E-state index in [2.05, 4.69) is 9.97 Å². The highest BCUT2D eigenvalue weighted by atomic mass is 35.5. The topological polar surface area (TPSA) is 98.4 Å². The molecular formula is C18H12Cl3FN4O3S. The molecule has 0 saturated carbocycles. The lowest BCUT2D eigenvalue weighted by atomic mass is 10.3. The predicted molar refractivity (Wildman–Crippen MR) is 114 cm³/mol. The number of nitrogens with two attached hydrogens (primary N) is 1. The van der Waals surface area contributed by atoms with Gasteiger partial charge in [-0.2, -0.15) is 0 Å². The van der Waals surface area contributed by atoms with Crippen molar-refractivity contribution >= 4 is 74.5 Å². The Hall–Kier alpha value is -2.46. The first-order chi connectivity index (χ1) is 14.2. The minimum atomic E-state index is -0.891. The molecule has 2 aromatic heterocycles. The Morgan fingerprint density at radius 3 is 2.57 bits per heavy atom. The van der Waals surface area contributed by atoms with Crippen molar-refractivity contribution in [2.45, 2.75) is 13.5 Å². The van der Waals surface area contributed by atoms with E-state index in [-0.39, 0.29) is 44.0 Å². The molecule has 0 aliphatic carbocycles. The van der Waals surface area contributed by atoms with Gasteiger partial charge in [-0.1, -0.05) is 46.9 Å². The maximum Gasteiger partial charge on any atom is 0.359 e. The van der Waals surface area contributed by atoms with E-state index < -0.39 is 17.7 Å². The second-order valence-corrected chi connectivity index (χ2v) is 7.75. The number of anilines is 3.